The van der Waals surface area contributed by atoms with Gasteiger partial charge >= 0.3 is 0 Å². The summed E-state index contributed by atoms with van der Waals surface area (Å²) >= 11 is 6.74. The van der Waals surface area contributed by atoms with E-state index in [0.717, 1.165) is 25.8 Å². The SMILES string of the molecule is CN(C)c1ccc(/C=C(\NC(=O)c2cccc(Br)c2)C(=O)N/N=C/c2ccc(Br)cc2)cc1. The van der Waals surface area contributed by atoms with Crippen molar-refractivity contribution in [2.75, 3.05) is 19.0 Å². The van der Waals surface area contributed by atoms with Crippen molar-refractivity contribution in [2.45, 2.75) is 0 Å². The molecule has 2 amide bonds. The standard InChI is InChI=1S/C25H22Br2N4O2/c1-31(2)22-12-8-17(9-13-22)14-23(29-24(32)19-4-3-5-21(27)15-19)25(33)30-28-16-18-6-10-20(26)11-7-18/h3-16H,1-2H3,(H,29,32)(H,30,33)/b23-14-,28-16+. The summed E-state index contributed by atoms with van der Waals surface area (Å²) in [5.41, 5.74) is 5.58. The molecule has 0 unspecified atom stereocenters. The number of hydrazone groups is 1. The minimum Gasteiger partial charge on any atom is -0.378 e. The third-order valence-electron chi connectivity index (χ3n) is 4.55. The second kappa shape index (κ2) is 11.6. The summed E-state index contributed by atoms with van der Waals surface area (Å²) in [6, 6.07) is 22.0. The highest BCUT2D eigenvalue weighted by Gasteiger charge is 2.15. The first-order valence-corrected chi connectivity index (χ1v) is 11.6. The van der Waals surface area contributed by atoms with Crippen LogP contribution in [0.3, 0.4) is 0 Å². The zero-order valence-electron chi connectivity index (χ0n) is 18.0. The molecule has 8 heteroatoms. The Morgan fingerprint density at radius 3 is 2.18 bits per heavy atom. The lowest BCUT2D eigenvalue weighted by Crippen LogP contribution is -2.32. The van der Waals surface area contributed by atoms with Gasteiger partial charge in [-0.15, -0.1) is 0 Å². The summed E-state index contributed by atoms with van der Waals surface area (Å²) in [5, 5.41) is 6.72. The van der Waals surface area contributed by atoms with Gasteiger partial charge < -0.3 is 10.2 Å². The van der Waals surface area contributed by atoms with Gasteiger partial charge in [-0.3, -0.25) is 9.59 Å². The molecule has 168 valence electrons. The number of amides is 2. The molecule has 3 aromatic carbocycles. The fourth-order valence-corrected chi connectivity index (χ4v) is 3.46. The molecule has 2 N–H and O–H groups in total. The number of halogens is 2. The molecule has 0 bridgehead atoms. The predicted octanol–water partition coefficient (Wildman–Crippen LogP) is 5.20. The van der Waals surface area contributed by atoms with Crippen molar-refractivity contribution >= 4 is 61.7 Å². The van der Waals surface area contributed by atoms with E-state index < -0.39 is 11.8 Å². The number of rotatable bonds is 7. The van der Waals surface area contributed by atoms with Crippen LogP contribution in [0, 0.1) is 0 Å². The number of hydrogen-bond acceptors (Lipinski definition) is 4. The van der Waals surface area contributed by atoms with Crippen LogP contribution in [0.2, 0.25) is 0 Å². The fourth-order valence-electron chi connectivity index (χ4n) is 2.79. The molecule has 0 aliphatic heterocycles. The van der Waals surface area contributed by atoms with Crippen molar-refractivity contribution in [1.82, 2.24) is 10.7 Å². The lowest BCUT2D eigenvalue weighted by Gasteiger charge is -2.13. The highest BCUT2D eigenvalue weighted by atomic mass is 79.9. The van der Waals surface area contributed by atoms with Crippen molar-refractivity contribution in [3.05, 3.63) is 104 Å². The van der Waals surface area contributed by atoms with Crippen LogP contribution in [-0.2, 0) is 4.79 Å². The van der Waals surface area contributed by atoms with Crippen LogP contribution in [0.15, 0.2) is 92.5 Å². The molecule has 0 fully saturated rings. The van der Waals surface area contributed by atoms with Crippen molar-refractivity contribution in [1.29, 1.82) is 0 Å². The van der Waals surface area contributed by atoms with Crippen LogP contribution in [0.4, 0.5) is 5.69 Å². The normalized spacial score (nSPS) is 11.3. The summed E-state index contributed by atoms with van der Waals surface area (Å²) in [7, 11) is 3.90. The number of anilines is 1. The van der Waals surface area contributed by atoms with Crippen LogP contribution < -0.4 is 15.6 Å². The highest BCUT2D eigenvalue weighted by Crippen LogP contribution is 2.16. The maximum atomic E-state index is 12.9. The van der Waals surface area contributed by atoms with E-state index in [1.54, 1.807) is 24.3 Å². The topological polar surface area (TPSA) is 73.8 Å². The Balaban J connectivity index is 1.82. The number of nitrogens with zero attached hydrogens (tertiary/aromatic N) is 2. The predicted molar refractivity (Wildman–Crippen MR) is 140 cm³/mol. The molecule has 0 heterocycles. The Morgan fingerprint density at radius 1 is 0.879 bits per heavy atom. The van der Waals surface area contributed by atoms with Gasteiger partial charge in [-0.25, -0.2) is 5.43 Å². The fraction of sp³-hybridized carbons (Fsp3) is 0.0800. The number of carbonyl (C=O) groups excluding carboxylic acids is 2. The molecule has 6 nitrogen and oxygen atoms in total. The Morgan fingerprint density at radius 2 is 1.55 bits per heavy atom. The van der Waals surface area contributed by atoms with E-state index in [4.69, 9.17) is 0 Å². The molecule has 0 saturated carbocycles. The number of carbonyl (C=O) groups is 2. The summed E-state index contributed by atoms with van der Waals surface area (Å²) in [6.45, 7) is 0. The van der Waals surface area contributed by atoms with E-state index in [2.05, 4.69) is 47.7 Å². The number of benzene rings is 3. The second-order valence-electron chi connectivity index (χ2n) is 7.26. The maximum absolute atomic E-state index is 12.9. The van der Waals surface area contributed by atoms with E-state index in [1.807, 2.05) is 73.6 Å². The van der Waals surface area contributed by atoms with Crippen molar-refractivity contribution in [2.24, 2.45) is 5.10 Å². The summed E-state index contributed by atoms with van der Waals surface area (Å²) in [6.07, 6.45) is 3.14. The van der Waals surface area contributed by atoms with E-state index in [0.29, 0.717) is 5.56 Å². The van der Waals surface area contributed by atoms with Crippen molar-refractivity contribution < 1.29 is 9.59 Å². The number of hydrogen-bond donors (Lipinski definition) is 2. The molecular weight excluding hydrogens is 548 g/mol. The van der Waals surface area contributed by atoms with Gasteiger partial charge in [0.2, 0.25) is 0 Å². The summed E-state index contributed by atoms with van der Waals surface area (Å²) < 4.78 is 1.72. The monoisotopic (exact) mass is 568 g/mol. The largest absolute Gasteiger partial charge is 0.378 e. The van der Waals surface area contributed by atoms with Gasteiger partial charge in [0.15, 0.2) is 0 Å². The first-order chi connectivity index (χ1) is 15.8. The lowest BCUT2D eigenvalue weighted by molar-refractivity contribution is -0.117. The summed E-state index contributed by atoms with van der Waals surface area (Å²) in [4.78, 5) is 27.6. The van der Waals surface area contributed by atoms with Crippen LogP contribution in [0.5, 0.6) is 0 Å². The van der Waals surface area contributed by atoms with E-state index in [9.17, 15) is 9.59 Å². The average Bonchev–Trinajstić information content (AvgIpc) is 2.80. The molecule has 0 spiro atoms. The van der Waals surface area contributed by atoms with Crippen LogP contribution >= 0.6 is 31.9 Å². The third-order valence-corrected chi connectivity index (χ3v) is 5.57. The second-order valence-corrected chi connectivity index (χ2v) is 9.09. The average molecular weight is 570 g/mol. The molecule has 0 aliphatic carbocycles. The van der Waals surface area contributed by atoms with Crippen molar-refractivity contribution in [3.63, 3.8) is 0 Å². The molecule has 3 rings (SSSR count). The lowest BCUT2D eigenvalue weighted by atomic mass is 10.1. The molecule has 0 aliphatic rings. The molecule has 33 heavy (non-hydrogen) atoms. The van der Waals surface area contributed by atoms with Crippen LogP contribution in [0.25, 0.3) is 6.08 Å². The van der Waals surface area contributed by atoms with Gasteiger partial charge in [-0.2, -0.15) is 5.10 Å². The Labute approximate surface area is 209 Å². The van der Waals surface area contributed by atoms with Crippen LogP contribution in [0.1, 0.15) is 21.5 Å². The van der Waals surface area contributed by atoms with E-state index in [1.165, 1.54) is 6.21 Å². The molecular formula is C25H22Br2N4O2. The zero-order chi connectivity index (χ0) is 23.8. The first kappa shape index (κ1) is 24.4. The van der Waals surface area contributed by atoms with Gasteiger partial charge in [0, 0.05) is 34.3 Å². The Hall–Kier alpha value is -3.23. The molecule has 0 aromatic heterocycles. The van der Waals surface area contributed by atoms with Crippen LogP contribution in [-0.4, -0.2) is 32.1 Å². The third kappa shape index (κ3) is 7.40. The quantitative estimate of drug-likeness (QED) is 0.233. The minimum absolute atomic E-state index is 0.0746. The van der Waals surface area contributed by atoms with Gasteiger partial charge in [-0.1, -0.05) is 62.2 Å². The van der Waals surface area contributed by atoms with Crippen molar-refractivity contribution in [3.8, 4) is 0 Å². The first-order valence-electron chi connectivity index (χ1n) is 9.97. The van der Waals surface area contributed by atoms with Gasteiger partial charge in [0.1, 0.15) is 5.70 Å². The Kier molecular flexibility index (Phi) is 8.57. The van der Waals surface area contributed by atoms with Gasteiger partial charge in [-0.05, 0) is 59.7 Å². The molecule has 0 saturated heterocycles. The van der Waals surface area contributed by atoms with Gasteiger partial charge in [0.05, 0.1) is 6.21 Å². The Bertz CT molecular complexity index is 1190. The molecule has 3 aromatic rings. The smallest absolute Gasteiger partial charge is 0.287 e. The van der Waals surface area contributed by atoms with E-state index in [-0.39, 0.29) is 5.70 Å². The molecule has 0 atom stereocenters. The highest BCUT2D eigenvalue weighted by molar-refractivity contribution is 9.10. The molecule has 0 radical (unpaired) electrons. The maximum Gasteiger partial charge on any atom is 0.287 e. The van der Waals surface area contributed by atoms with Gasteiger partial charge in [0.25, 0.3) is 11.8 Å². The minimum atomic E-state index is -0.539. The zero-order valence-corrected chi connectivity index (χ0v) is 21.2. The summed E-state index contributed by atoms with van der Waals surface area (Å²) in [5.74, 6) is -0.942. The number of nitrogens with one attached hydrogen (secondary N) is 2. The van der Waals surface area contributed by atoms with E-state index >= 15 is 0 Å².